The van der Waals surface area contributed by atoms with Gasteiger partial charge >= 0.3 is 0 Å². The number of carbonyl (C=O) groups excluding carboxylic acids is 1. The van der Waals surface area contributed by atoms with Crippen molar-refractivity contribution >= 4 is 5.78 Å². The van der Waals surface area contributed by atoms with E-state index in [-0.39, 0.29) is 11.3 Å². The number of hydrogen-bond acceptors (Lipinski definition) is 2. The van der Waals surface area contributed by atoms with E-state index in [9.17, 15) is 9.18 Å². The number of methoxy groups -OCH3 is 1. The van der Waals surface area contributed by atoms with Crippen molar-refractivity contribution in [3.8, 4) is 5.75 Å². The monoisotopic (exact) mass is 284 g/mol. The topological polar surface area (TPSA) is 26.3 Å². The Balaban J connectivity index is 1.84. The van der Waals surface area contributed by atoms with Gasteiger partial charge in [0.25, 0.3) is 0 Å². The molecule has 0 spiro atoms. The Bertz CT molecular complexity index is 657. The number of halogens is 1. The molecule has 2 aromatic carbocycles. The van der Waals surface area contributed by atoms with E-state index in [1.807, 2.05) is 12.1 Å². The largest absolute Gasteiger partial charge is 0.497 e. The normalized spacial score (nSPS) is 14.6. The van der Waals surface area contributed by atoms with Crippen LogP contribution in [-0.4, -0.2) is 12.9 Å². The minimum absolute atomic E-state index is 0.0761. The molecule has 2 aromatic rings. The van der Waals surface area contributed by atoms with Crippen molar-refractivity contribution in [1.82, 2.24) is 0 Å². The van der Waals surface area contributed by atoms with Gasteiger partial charge in [-0.2, -0.15) is 0 Å². The van der Waals surface area contributed by atoms with Crippen LogP contribution in [0.1, 0.15) is 46.7 Å². The summed E-state index contributed by atoms with van der Waals surface area (Å²) >= 11 is 0. The van der Waals surface area contributed by atoms with Gasteiger partial charge in [0, 0.05) is 11.6 Å². The number of hydrogen-bond donors (Lipinski definition) is 0. The summed E-state index contributed by atoms with van der Waals surface area (Å²) in [6.45, 7) is 0. The molecule has 1 aliphatic rings. The minimum Gasteiger partial charge on any atom is -0.497 e. The Morgan fingerprint density at radius 2 is 1.86 bits per heavy atom. The molecule has 3 rings (SSSR count). The number of carbonyl (C=O) groups is 1. The maximum atomic E-state index is 13.9. The van der Waals surface area contributed by atoms with Crippen molar-refractivity contribution in [2.75, 3.05) is 7.11 Å². The van der Waals surface area contributed by atoms with Crippen molar-refractivity contribution in [2.45, 2.75) is 25.2 Å². The fourth-order valence-electron chi connectivity index (χ4n) is 2.61. The third-order valence-corrected chi connectivity index (χ3v) is 4.17. The predicted molar refractivity (Wildman–Crippen MR) is 79.4 cm³/mol. The van der Waals surface area contributed by atoms with Gasteiger partial charge in [-0.05, 0) is 36.5 Å². The van der Waals surface area contributed by atoms with Gasteiger partial charge in [0.1, 0.15) is 11.6 Å². The molecule has 2 nitrogen and oxygen atoms in total. The summed E-state index contributed by atoms with van der Waals surface area (Å²) in [4.78, 5) is 12.4. The Morgan fingerprint density at radius 3 is 2.38 bits per heavy atom. The summed E-state index contributed by atoms with van der Waals surface area (Å²) in [6, 6.07) is 11.8. The Labute approximate surface area is 123 Å². The zero-order valence-electron chi connectivity index (χ0n) is 11.9. The fraction of sp³-hybridized carbons (Fsp3) is 0.278. The lowest BCUT2D eigenvalue weighted by Gasteiger charge is -2.25. The zero-order valence-corrected chi connectivity index (χ0v) is 11.9. The summed E-state index contributed by atoms with van der Waals surface area (Å²) in [5.74, 6) is 0.189. The van der Waals surface area contributed by atoms with Gasteiger partial charge < -0.3 is 4.74 Å². The summed E-state index contributed by atoms with van der Waals surface area (Å²) < 4.78 is 18.9. The first-order valence-electron chi connectivity index (χ1n) is 7.17. The molecule has 3 heteroatoms. The highest BCUT2D eigenvalue weighted by molar-refractivity contribution is 6.09. The molecule has 0 atom stereocenters. The molecule has 1 aliphatic carbocycles. The lowest BCUT2D eigenvalue weighted by molar-refractivity contribution is 0.103. The fourth-order valence-corrected chi connectivity index (χ4v) is 2.61. The number of ether oxygens (including phenoxy) is 1. The van der Waals surface area contributed by atoms with Gasteiger partial charge in [-0.1, -0.05) is 30.7 Å². The van der Waals surface area contributed by atoms with Gasteiger partial charge in [0.15, 0.2) is 5.78 Å². The second-order valence-electron chi connectivity index (χ2n) is 5.42. The van der Waals surface area contributed by atoms with Crippen LogP contribution in [-0.2, 0) is 0 Å². The molecule has 0 saturated heterocycles. The molecule has 21 heavy (non-hydrogen) atoms. The SMILES string of the molecule is COc1ccc(C(=O)c2ccc(C3CCC3)cc2)c(F)c1. The van der Waals surface area contributed by atoms with Crippen LogP contribution in [0.4, 0.5) is 4.39 Å². The quantitative estimate of drug-likeness (QED) is 0.781. The van der Waals surface area contributed by atoms with E-state index < -0.39 is 5.82 Å². The summed E-state index contributed by atoms with van der Waals surface area (Å²) in [5, 5.41) is 0. The highest BCUT2D eigenvalue weighted by atomic mass is 19.1. The third kappa shape index (κ3) is 2.68. The minimum atomic E-state index is -0.553. The van der Waals surface area contributed by atoms with Gasteiger partial charge in [0.2, 0.25) is 0 Å². The summed E-state index contributed by atoms with van der Waals surface area (Å²) in [5.41, 5.74) is 1.86. The van der Waals surface area contributed by atoms with Crippen LogP contribution in [0.15, 0.2) is 42.5 Å². The molecule has 0 N–H and O–H groups in total. The molecule has 0 unspecified atom stereocenters. The molecule has 1 saturated carbocycles. The van der Waals surface area contributed by atoms with E-state index >= 15 is 0 Å². The number of rotatable bonds is 4. The Kier molecular flexibility index (Phi) is 3.74. The first-order valence-corrected chi connectivity index (χ1v) is 7.17. The first-order chi connectivity index (χ1) is 10.2. The van der Waals surface area contributed by atoms with E-state index in [1.165, 1.54) is 44.1 Å². The van der Waals surface area contributed by atoms with Crippen molar-refractivity contribution in [1.29, 1.82) is 0 Å². The van der Waals surface area contributed by atoms with Gasteiger partial charge in [-0.25, -0.2) is 4.39 Å². The molecular formula is C18H17FO2. The number of benzene rings is 2. The van der Waals surface area contributed by atoms with Gasteiger partial charge in [-0.15, -0.1) is 0 Å². The number of ketones is 1. The molecule has 108 valence electrons. The van der Waals surface area contributed by atoms with E-state index in [0.29, 0.717) is 17.2 Å². The predicted octanol–water partition coefficient (Wildman–Crippen LogP) is 4.33. The van der Waals surface area contributed by atoms with Crippen LogP contribution in [0.2, 0.25) is 0 Å². The van der Waals surface area contributed by atoms with Crippen LogP contribution in [0.5, 0.6) is 5.75 Å². The zero-order chi connectivity index (χ0) is 14.8. The van der Waals surface area contributed by atoms with Crippen LogP contribution < -0.4 is 4.74 Å². The molecule has 0 aromatic heterocycles. The molecule has 0 amide bonds. The molecule has 0 aliphatic heterocycles. The standard InChI is InChI=1S/C18H17FO2/c1-21-15-9-10-16(17(19)11-15)18(20)14-7-5-13(6-8-14)12-3-2-4-12/h5-12H,2-4H2,1H3. The van der Waals surface area contributed by atoms with E-state index in [0.717, 1.165) is 0 Å². The molecule has 1 fully saturated rings. The first kappa shape index (κ1) is 13.8. The van der Waals surface area contributed by atoms with Crippen molar-refractivity contribution in [3.63, 3.8) is 0 Å². The highest BCUT2D eigenvalue weighted by Gasteiger charge is 2.20. The van der Waals surface area contributed by atoms with Crippen LogP contribution >= 0.6 is 0 Å². The lowest BCUT2D eigenvalue weighted by atomic mass is 9.80. The summed E-state index contributed by atoms with van der Waals surface area (Å²) in [7, 11) is 1.47. The van der Waals surface area contributed by atoms with Crippen molar-refractivity contribution in [3.05, 3.63) is 65.0 Å². The third-order valence-electron chi connectivity index (χ3n) is 4.17. The van der Waals surface area contributed by atoms with Crippen LogP contribution in [0.25, 0.3) is 0 Å². The maximum Gasteiger partial charge on any atom is 0.195 e. The molecule has 0 heterocycles. The Hall–Kier alpha value is -2.16. The van der Waals surface area contributed by atoms with Gasteiger partial charge in [0.05, 0.1) is 12.7 Å². The van der Waals surface area contributed by atoms with Crippen LogP contribution in [0, 0.1) is 5.82 Å². The second-order valence-corrected chi connectivity index (χ2v) is 5.42. The van der Waals surface area contributed by atoms with E-state index in [4.69, 9.17) is 4.74 Å². The average Bonchev–Trinajstić information content (AvgIpc) is 2.45. The maximum absolute atomic E-state index is 13.9. The second kappa shape index (κ2) is 5.68. The smallest absolute Gasteiger partial charge is 0.195 e. The molecule has 0 bridgehead atoms. The molecule has 0 radical (unpaired) electrons. The van der Waals surface area contributed by atoms with Crippen LogP contribution in [0.3, 0.4) is 0 Å². The Morgan fingerprint density at radius 1 is 1.14 bits per heavy atom. The summed E-state index contributed by atoms with van der Waals surface area (Å²) in [6.07, 6.45) is 3.73. The van der Waals surface area contributed by atoms with Crippen molar-refractivity contribution < 1.29 is 13.9 Å². The van der Waals surface area contributed by atoms with E-state index in [2.05, 4.69) is 0 Å². The van der Waals surface area contributed by atoms with E-state index in [1.54, 1.807) is 18.2 Å². The average molecular weight is 284 g/mol. The lowest BCUT2D eigenvalue weighted by Crippen LogP contribution is -2.09. The van der Waals surface area contributed by atoms with Crippen molar-refractivity contribution in [2.24, 2.45) is 0 Å². The highest BCUT2D eigenvalue weighted by Crippen LogP contribution is 2.36. The molecular weight excluding hydrogens is 267 g/mol. The van der Waals surface area contributed by atoms with Gasteiger partial charge in [-0.3, -0.25) is 4.79 Å².